The summed E-state index contributed by atoms with van der Waals surface area (Å²) in [6.45, 7) is 0. The minimum Gasteiger partial charge on any atom is -0.348 e. The minimum atomic E-state index is 0. The van der Waals surface area contributed by atoms with Crippen molar-refractivity contribution in [3.05, 3.63) is 37.4 Å². The van der Waals surface area contributed by atoms with Gasteiger partial charge in [-0.15, -0.1) is 23.7 Å². The van der Waals surface area contributed by atoms with E-state index in [9.17, 15) is 0 Å². The van der Waals surface area contributed by atoms with Gasteiger partial charge in [-0.1, -0.05) is 0 Å². The largest absolute Gasteiger partial charge is 0.348 e. The second-order valence-electron chi connectivity index (χ2n) is 2.57. The summed E-state index contributed by atoms with van der Waals surface area (Å²) in [5, 5.41) is 2.08. The molecule has 2 aromatic rings. The van der Waals surface area contributed by atoms with Gasteiger partial charge in [0.2, 0.25) is 0 Å². The van der Waals surface area contributed by atoms with E-state index in [0.717, 1.165) is 21.1 Å². The molecule has 0 radical (unpaired) electrons. The lowest BCUT2D eigenvalue weighted by molar-refractivity contribution is 1.13. The maximum absolute atomic E-state index is 3.98. The van der Waals surface area contributed by atoms with Gasteiger partial charge in [-0.2, -0.15) is 0 Å². The molecule has 2 heterocycles. The van der Waals surface area contributed by atoms with Crippen LogP contribution in [0.5, 0.6) is 0 Å². The number of hydrogen-bond acceptors (Lipinski definition) is 2. The van der Waals surface area contributed by atoms with Crippen molar-refractivity contribution in [2.45, 2.75) is 6.42 Å². The van der Waals surface area contributed by atoms with E-state index in [0.29, 0.717) is 0 Å². The van der Waals surface area contributed by atoms with Crippen LogP contribution in [0.2, 0.25) is 0 Å². The number of aromatic amines is 1. The second kappa shape index (κ2) is 5.30. The van der Waals surface area contributed by atoms with Gasteiger partial charge in [-0.3, -0.25) is 0 Å². The highest BCUT2D eigenvalue weighted by Gasteiger charge is 2.07. The molecule has 2 aromatic heterocycles. The van der Waals surface area contributed by atoms with Crippen LogP contribution in [0.1, 0.15) is 10.6 Å². The molecule has 0 bridgehead atoms. The van der Waals surface area contributed by atoms with Crippen LogP contribution < -0.4 is 0 Å². The first kappa shape index (κ1) is 12.2. The Morgan fingerprint density at radius 1 is 1.43 bits per heavy atom. The SMILES string of the molecule is Brc1csc(Cc2cnc[nH]2)c1Br.Cl. The molecule has 0 amide bonds. The number of H-pyrrole nitrogens is 1. The molecule has 2 nitrogen and oxygen atoms in total. The van der Waals surface area contributed by atoms with Crippen LogP contribution in [-0.4, -0.2) is 9.97 Å². The molecule has 0 saturated carbocycles. The Bertz CT molecular complexity index is 399. The summed E-state index contributed by atoms with van der Waals surface area (Å²) in [6, 6.07) is 0. The molecule has 2 rings (SSSR count). The molecule has 14 heavy (non-hydrogen) atoms. The van der Waals surface area contributed by atoms with Gasteiger partial charge in [-0.05, 0) is 31.9 Å². The molecule has 76 valence electrons. The number of thiophene rings is 1. The number of imidazole rings is 1. The predicted molar refractivity (Wildman–Crippen MR) is 68.4 cm³/mol. The van der Waals surface area contributed by atoms with E-state index in [1.165, 1.54) is 4.88 Å². The van der Waals surface area contributed by atoms with Crippen LogP contribution in [0.25, 0.3) is 0 Å². The third-order valence-electron chi connectivity index (χ3n) is 1.67. The lowest BCUT2D eigenvalue weighted by Crippen LogP contribution is -1.84. The van der Waals surface area contributed by atoms with Crippen LogP contribution >= 0.6 is 55.6 Å². The fourth-order valence-electron chi connectivity index (χ4n) is 1.03. The average Bonchev–Trinajstić information content (AvgIpc) is 2.71. The van der Waals surface area contributed by atoms with Crippen molar-refractivity contribution < 1.29 is 0 Å². The van der Waals surface area contributed by atoms with Gasteiger partial charge in [0.05, 0.1) is 6.33 Å². The van der Waals surface area contributed by atoms with E-state index < -0.39 is 0 Å². The maximum atomic E-state index is 3.98. The van der Waals surface area contributed by atoms with Gasteiger partial charge in [0.1, 0.15) is 0 Å². The number of hydrogen-bond donors (Lipinski definition) is 1. The maximum Gasteiger partial charge on any atom is 0.0921 e. The summed E-state index contributed by atoms with van der Waals surface area (Å²) in [5.41, 5.74) is 1.13. The molecule has 1 N–H and O–H groups in total. The number of halogens is 3. The smallest absolute Gasteiger partial charge is 0.0921 e. The average molecular weight is 358 g/mol. The summed E-state index contributed by atoms with van der Waals surface area (Å²) in [4.78, 5) is 8.36. The van der Waals surface area contributed by atoms with E-state index in [1.54, 1.807) is 17.7 Å². The summed E-state index contributed by atoms with van der Waals surface area (Å²) < 4.78 is 2.26. The van der Waals surface area contributed by atoms with Crippen LogP contribution in [-0.2, 0) is 6.42 Å². The predicted octanol–water partition coefficient (Wildman–Crippen LogP) is 4.01. The molecule has 0 atom stereocenters. The van der Waals surface area contributed by atoms with Crippen LogP contribution in [0.3, 0.4) is 0 Å². The zero-order valence-corrected chi connectivity index (χ0v) is 11.8. The summed E-state index contributed by atoms with van der Waals surface area (Å²) in [6.07, 6.45) is 4.45. The van der Waals surface area contributed by atoms with E-state index >= 15 is 0 Å². The standard InChI is InChI=1S/C8H6Br2N2S.ClH/c9-6-3-13-7(8(6)10)1-5-2-11-4-12-5;/h2-4H,1H2,(H,11,12);1H. The quantitative estimate of drug-likeness (QED) is 0.863. The summed E-state index contributed by atoms with van der Waals surface area (Å²) in [5.74, 6) is 0. The summed E-state index contributed by atoms with van der Waals surface area (Å²) >= 11 is 8.72. The molecular weight excluding hydrogens is 351 g/mol. The zero-order chi connectivity index (χ0) is 9.26. The van der Waals surface area contributed by atoms with E-state index in [-0.39, 0.29) is 12.4 Å². The van der Waals surface area contributed by atoms with Gasteiger partial charge >= 0.3 is 0 Å². The molecule has 6 heteroatoms. The molecule has 0 aromatic carbocycles. The highest BCUT2D eigenvalue weighted by molar-refractivity contribution is 9.13. The lowest BCUT2D eigenvalue weighted by Gasteiger charge is -1.94. The fraction of sp³-hybridized carbons (Fsp3) is 0.125. The first-order valence-corrected chi connectivity index (χ1v) is 6.12. The van der Waals surface area contributed by atoms with E-state index in [1.807, 2.05) is 6.20 Å². The molecule has 0 aliphatic carbocycles. The Morgan fingerprint density at radius 3 is 2.71 bits per heavy atom. The van der Waals surface area contributed by atoms with Crippen molar-refractivity contribution in [2.75, 3.05) is 0 Å². The Morgan fingerprint density at radius 2 is 2.21 bits per heavy atom. The van der Waals surface area contributed by atoms with E-state index in [2.05, 4.69) is 47.2 Å². The van der Waals surface area contributed by atoms with Crippen molar-refractivity contribution in [2.24, 2.45) is 0 Å². The van der Waals surface area contributed by atoms with Crippen molar-refractivity contribution in [1.82, 2.24) is 9.97 Å². The third-order valence-corrected chi connectivity index (χ3v) is 5.28. The van der Waals surface area contributed by atoms with Crippen molar-refractivity contribution in [3.8, 4) is 0 Å². The monoisotopic (exact) mass is 356 g/mol. The molecule has 0 unspecified atom stereocenters. The first-order valence-electron chi connectivity index (χ1n) is 3.66. The van der Waals surface area contributed by atoms with Crippen molar-refractivity contribution >= 4 is 55.6 Å². The molecule has 0 fully saturated rings. The third kappa shape index (κ3) is 2.59. The van der Waals surface area contributed by atoms with Gasteiger partial charge < -0.3 is 4.98 Å². The second-order valence-corrected chi connectivity index (χ2v) is 5.19. The highest BCUT2D eigenvalue weighted by atomic mass is 79.9. The lowest BCUT2D eigenvalue weighted by atomic mass is 10.3. The number of nitrogens with zero attached hydrogens (tertiary/aromatic N) is 1. The Balaban J connectivity index is 0.000000980. The minimum absolute atomic E-state index is 0. The first-order chi connectivity index (χ1) is 6.27. The molecule has 0 saturated heterocycles. The van der Waals surface area contributed by atoms with Gasteiger partial charge in [-0.25, -0.2) is 4.98 Å². The number of rotatable bonds is 2. The van der Waals surface area contributed by atoms with Crippen LogP contribution in [0.15, 0.2) is 26.8 Å². The molecular formula is C8H7Br2ClN2S. The van der Waals surface area contributed by atoms with Gasteiger partial charge in [0.25, 0.3) is 0 Å². The number of aromatic nitrogens is 2. The Kier molecular flexibility index (Phi) is 4.63. The van der Waals surface area contributed by atoms with Crippen molar-refractivity contribution in [3.63, 3.8) is 0 Å². The van der Waals surface area contributed by atoms with E-state index in [4.69, 9.17) is 0 Å². The topological polar surface area (TPSA) is 28.7 Å². The molecule has 0 aliphatic heterocycles. The number of nitrogens with one attached hydrogen (secondary N) is 1. The fourth-order valence-corrected chi connectivity index (χ4v) is 3.19. The normalized spacial score (nSPS) is 9.86. The molecule has 0 aliphatic rings. The highest BCUT2D eigenvalue weighted by Crippen LogP contribution is 2.33. The zero-order valence-electron chi connectivity index (χ0n) is 6.96. The van der Waals surface area contributed by atoms with Crippen molar-refractivity contribution in [1.29, 1.82) is 0 Å². The summed E-state index contributed by atoms with van der Waals surface area (Å²) in [7, 11) is 0. The van der Waals surface area contributed by atoms with Gasteiger partial charge in [0, 0.05) is 37.5 Å². The Labute approximate surface area is 109 Å². The Hall–Kier alpha value is 0.160. The van der Waals surface area contributed by atoms with Crippen LogP contribution in [0.4, 0.5) is 0 Å². The van der Waals surface area contributed by atoms with Crippen LogP contribution in [0, 0.1) is 0 Å². The van der Waals surface area contributed by atoms with Gasteiger partial charge in [0.15, 0.2) is 0 Å². The molecule has 0 spiro atoms.